The fourth-order valence-electron chi connectivity index (χ4n) is 4.85. The van der Waals surface area contributed by atoms with Gasteiger partial charge in [-0.1, -0.05) is 33.3 Å². The Bertz CT molecular complexity index is 1080. The number of fused-ring (bicyclic) bond motifs is 5. The summed E-state index contributed by atoms with van der Waals surface area (Å²) in [5.74, 6) is 2.69. The zero-order valence-electron chi connectivity index (χ0n) is 17.7. The molecule has 1 atom stereocenters. The van der Waals surface area contributed by atoms with E-state index in [0.29, 0.717) is 12.5 Å². The molecule has 0 saturated heterocycles. The van der Waals surface area contributed by atoms with Gasteiger partial charge < -0.3 is 19.1 Å². The Labute approximate surface area is 177 Å². The summed E-state index contributed by atoms with van der Waals surface area (Å²) in [6.45, 7) is 9.31. The average molecular weight is 408 g/mol. The van der Waals surface area contributed by atoms with Gasteiger partial charge in [-0.2, -0.15) is 0 Å². The molecule has 0 bridgehead atoms. The van der Waals surface area contributed by atoms with Crippen LogP contribution in [-0.4, -0.2) is 22.9 Å². The smallest absolute Gasteiger partial charge is 0.193 e. The van der Waals surface area contributed by atoms with Gasteiger partial charge >= 0.3 is 0 Å². The van der Waals surface area contributed by atoms with Crippen molar-refractivity contribution >= 4 is 5.76 Å². The van der Waals surface area contributed by atoms with Crippen molar-refractivity contribution in [1.82, 2.24) is 4.57 Å². The number of nitrogens with zero attached hydrogens (tertiary/aromatic N) is 1. The number of aromatic nitrogens is 1. The molecule has 30 heavy (non-hydrogen) atoms. The molecule has 5 nitrogen and oxygen atoms in total. The predicted octanol–water partition coefficient (Wildman–Crippen LogP) is 4.91. The summed E-state index contributed by atoms with van der Waals surface area (Å²) in [4.78, 5) is 12.7. The summed E-state index contributed by atoms with van der Waals surface area (Å²) in [6, 6.07) is 3.97. The van der Waals surface area contributed by atoms with Crippen LogP contribution < -0.4 is 14.9 Å². The first-order valence-electron chi connectivity index (χ1n) is 11.0. The fourth-order valence-corrected chi connectivity index (χ4v) is 4.85. The van der Waals surface area contributed by atoms with Crippen LogP contribution in [-0.2, 0) is 12.8 Å². The maximum Gasteiger partial charge on any atom is 0.193 e. The van der Waals surface area contributed by atoms with Crippen molar-refractivity contribution in [3.63, 3.8) is 0 Å². The monoisotopic (exact) mass is 407 g/mol. The molecule has 3 aliphatic rings. The molecule has 1 aliphatic carbocycles. The largest absolute Gasteiger partial charge is 0.508 e. The van der Waals surface area contributed by atoms with E-state index in [1.165, 1.54) is 18.4 Å². The Morgan fingerprint density at radius 1 is 1.37 bits per heavy atom. The molecule has 0 radical (unpaired) electrons. The van der Waals surface area contributed by atoms with E-state index in [0.717, 1.165) is 60.1 Å². The second-order valence-corrected chi connectivity index (χ2v) is 9.20. The van der Waals surface area contributed by atoms with Gasteiger partial charge in [-0.15, -0.1) is 0 Å². The van der Waals surface area contributed by atoms with Crippen LogP contribution in [0.15, 0.2) is 29.7 Å². The number of hydrogen-bond acceptors (Lipinski definition) is 4. The lowest BCUT2D eigenvalue weighted by Crippen LogP contribution is -2.27. The number of pyridine rings is 1. The van der Waals surface area contributed by atoms with Crippen molar-refractivity contribution < 1.29 is 14.6 Å². The first kappa shape index (κ1) is 19.3. The summed E-state index contributed by atoms with van der Waals surface area (Å²) in [5, 5.41) is 9.90. The summed E-state index contributed by atoms with van der Waals surface area (Å²) in [5.41, 5.74) is 4.41. The topological polar surface area (TPSA) is 60.7 Å². The van der Waals surface area contributed by atoms with Crippen LogP contribution in [0.25, 0.3) is 17.0 Å². The van der Waals surface area contributed by atoms with Gasteiger partial charge in [-0.3, -0.25) is 4.79 Å². The van der Waals surface area contributed by atoms with Gasteiger partial charge in [0.1, 0.15) is 5.76 Å². The number of hydrogen-bond donors (Lipinski definition) is 1. The van der Waals surface area contributed by atoms with E-state index >= 15 is 0 Å². The third kappa shape index (κ3) is 3.21. The lowest BCUT2D eigenvalue weighted by atomic mass is 9.84. The molecule has 158 valence electrons. The maximum atomic E-state index is 12.7. The summed E-state index contributed by atoms with van der Waals surface area (Å²) in [7, 11) is 0. The van der Waals surface area contributed by atoms with Gasteiger partial charge in [0.25, 0.3) is 0 Å². The number of aliphatic hydroxyl groups is 1. The van der Waals surface area contributed by atoms with Gasteiger partial charge in [-0.25, -0.2) is 0 Å². The highest BCUT2D eigenvalue weighted by Crippen LogP contribution is 2.48. The van der Waals surface area contributed by atoms with Crippen molar-refractivity contribution in [1.29, 1.82) is 0 Å². The molecule has 1 N–H and O–H groups in total. The molecule has 1 aromatic carbocycles. The van der Waals surface area contributed by atoms with Gasteiger partial charge in [0.05, 0.1) is 24.5 Å². The van der Waals surface area contributed by atoms with E-state index in [-0.39, 0.29) is 22.8 Å². The Morgan fingerprint density at radius 3 is 2.87 bits per heavy atom. The summed E-state index contributed by atoms with van der Waals surface area (Å²) >= 11 is 0. The Kier molecular flexibility index (Phi) is 4.64. The SMILES string of the molecule is C=C(O)c1cn2c(cc1=O)-c1c(cc(OCCC3CC3)c3c1CCO3)CC2C(C)C. The number of rotatable bonds is 6. The van der Waals surface area contributed by atoms with Crippen molar-refractivity contribution in [2.24, 2.45) is 11.8 Å². The third-order valence-corrected chi connectivity index (χ3v) is 6.71. The second-order valence-electron chi connectivity index (χ2n) is 9.20. The average Bonchev–Trinajstić information content (AvgIpc) is 3.39. The molecule has 2 aliphatic heterocycles. The molecule has 1 unspecified atom stereocenters. The molecule has 5 rings (SSSR count). The Morgan fingerprint density at radius 2 is 2.17 bits per heavy atom. The molecule has 1 saturated carbocycles. The maximum absolute atomic E-state index is 12.7. The minimum Gasteiger partial charge on any atom is -0.508 e. The number of benzene rings is 1. The molecule has 1 fully saturated rings. The van der Waals surface area contributed by atoms with Crippen LogP contribution in [0.5, 0.6) is 11.5 Å². The number of aliphatic hydroxyl groups excluding tert-OH is 1. The highest BCUT2D eigenvalue weighted by Gasteiger charge is 2.33. The zero-order chi connectivity index (χ0) is 21.0. The number of ether oxygens (including phenoxy) is 2. The van der Waals surface area contributed by atoms with Crippen molar-refractivity contribution in [3.05, 3.63) is 51.8 Å². The van der Waals surface area contributed by atoms with Gasteiger partial charge in [0.15, 0.2) is 16.9 Å². The summed E-state index contributed by atoms with van der Waals surface area (Å²) < 4.78 is 14.3. The van der Waals surface area contributed by atoms with Crippen molar-refractivity contribution in [2.75, 3.05) is 13.2 Å². The lowest BCUT2D eigenvalue weighted by molar-refractivity contribution is 0.275. The van der Waals surface area contributed by atoms with E-state index in [4.69, 9.17) is 9.47 Å². The summed E-state index contributed by atoms with van der Waals surface area (Å²) in [6.07, 6.45) is 7.19. The third-order valence-electron chi connectivity index (χ3n) is 6.71. The Hall–Kier alpha value is -2.69. The van der Waals surface area contributed by atoms with Crippen LogP contribution in [0.1, 0.15) is 55.8 Å². The Balaban J connectivity index is 1.64. The van der Waals surface area contributed by atoms with E-state index in [9.17, 15) is 9.90 Å². The van der Waals surface area contributed by atoms with Crippen LogP contribution in [0.3, 0.4) is 0 Å². The van der Waals surface area contributed by atoms with Crippen LogP contribution in [0.4, 0.5) is 0 Å². The first-order chi connectivity index (χ1) is 14.4. The lowest BCUT2D eigenvalue weighted by Gasteiger charge is -2.34. The van der Waals surface area contributed by atoms with Crippen LogP contribution in [0.2, 0.25) is 0 Å². The molecule has 0 amide bonds. The molecular weight excluding hydrogens is 378 g/mol. The molecule has 5 heteroatoms. The van der Waals surface area contributed by atoms with Crippen molar-refractivity contribution in [3.8, 4) is 22.8 Å². The standard InChI is InChI=1S/C25H29NO4/c1-14(2)20-10-17-11-23(29-8-6-16-4-5-16)25-18(7-9-30-25)24(17)21-12-22(28)19(15(3)27)13-26(20)21/h11-14,16,20,27H,3-10H2,1-2H3. The van der Waals surface area contributed by atoms with Crippen molar-refractivity contribution in [2.45, 2.75) is 52.0 Å². The van der Waals surface area contributed by atoms with Crippen LogP contribution >= 0.6 is 0 Å². The molecule has 0 spiro atoms. The molecule has 3 heterocycles. The van der Waals surface area contributed by atoms with Gasteiger partial charge in [0, 0.05) is 35.9 Å². The predicted molar refractivity (Wildman–Crippen MR) is 117 cm³/mol. The van der Waals surface area contributed by atoms with Gasteiger partial charge in [0.2, 0.25) is 0 Å². The minimum atomic E-state index is -0.207. The quantitative estimate of drug-likeness (QED) is 0.691. The van der Waals surface area contributed by atoms with Gasteiger partial charge in [-0.05, 0) is 36.3 Å². The van der Waals surface area contributed by atoms with E-state index in [1.54, 1.807) is 12.3 Å². The molecule has 1 aromatic heterocycles. The first-order valence-corrected chi connectivity index (χ1v) is 11.0. The molecular formula is C25H29NO4. The fraction of sp³-hybridized carbons (Fsp3) is 0.480. The highest BCUT2D eigenvalue weighted by atomic mass is 16.5. The van der Waals surface area contributed by atoms with Crippen LogP contribution in [0, 0.1) is 11.8 Å². The van der Waals surface area contributed by atoms with E-state index in [2.05, 4.69) is 31.1 Å². The molecule has 2 aromatic rings. The highest BCUT2D eigenvalue weighted by molar-refractivity contribution is 5.77. The zero-order valence-corrected chi connectivity index (χ0v) is 17.7. The normalized spacial score (nSPS) is 19.1. The van der Waals surface area contributed by atoms with E-state index < -0.39 is 0 Å². The van der Waals surface area contributed by atoms with E-state index in [1.807, 2.05) is 0 Å². The second kappa shape index (κ2) is 7.22. The minimum absolute atomic E-state index is 0.184.